The average molecular weight is 204 g/mol. The third-order valence-electron chi connectivity index (χ3n) is 2.23. The molecule has 0 heterocycles. The molecule has 15 heavy (non-hydrogen) atoms. The van der Waals surface area contributed by atoms with Gasteiger partial charge in [0.15, 0.2) is 0 Å². The van der Waals surface area contributed by atoms with Crippen molar-refractivity contribution in [1.29, 1.82) is 0 Å². The normalized spacial score (nSPS) is 9.67. The molecule has 80 valence electrons. The lowest BCUT2D eigenvalue weighted by Crippen LogP contribution is -2.28. The molecule has 0 spiro atoms. The van der Waals surface area contributed by atoms with Gasteiger partial charge in [-0.05, 0) is 11.6 Å². The molecule has 0 saturated heterocycles. The number of carbonyl (C=O) groups excluding carboxylic acids is 1. The number of nitrogens with zero attached hydrogens (tertiary/aromatic N) is 1. The second kappa shape index (κ2) is 5.20. The van der Waals surface area contributed by atoms with E-state index in [4.69, 9.17) is 5.73 Å². The quantitative estimate of drug-likeness (QED) is 0.596. The molecule has 0 aliphatic heterocycles. The van der Waals surface area contributed by atoms with Gasteiger partial charge in [-0.25, -0.2) is 0 Å². The molecule has 0 unspecified atom stereocenters. The fourth-order valence-corrected chi connectivity index (χ4v) is 1.29. The number of likely N-dealkylation sites (N-methyl/N-ethyl adjacent to an activating group) is 1. The highest BCUT2D eigenvalue weighted by molar-refractivity contribution is 5.80. The summed E-state index contributed by atoms with van der Waals surface area (Å²) in [6.07, 6.45) is 2.04. The molecule has 1 aromatic rings. The molecule has 0 fully saturated rings. The van der Waals surface area contributed by atoms with Gasteiger partial charge in [-0.3, -0.25) is 4.79 Å². The third kappa shape index (κ3) is 3.13. The predicted molar refractivity (Wildman–Crippen MR) is 62.4 cm³/mol. The van der Waals surface area contributed by atoms with E-state index in [9.17, 15) is 4.79 Å². The molecule has 3 heteroatoms. The fourth-order valence-electron chi connectivity index (χ4n) is 1.29. The van der Waals surface area contributed by atoms with Crippen molar-refractivity contribution in [2.75, 3.05) is 19.3 Å². The van der Waals surface area contributed by atoms with Gasteiger partial charge in [0, 0.05) is 19.3 Å². The number of benzene rings is 1. The Labute approximate surface area is 90.2 Å². The van der Waals surface area contributed by atoms with E-state index in [-0.39, 0.29) is 5.91 Å². The van der Waals surface area contributed by atoms with Crippen molar-refractivity contribution in [2.24, 2.45) is 0 Å². The summed E-state index contributed by atoms with van der Waals surface area (Å²) >= 11 is 0. The Morgan fingerprint density at radius 1 is 1.53 bits per heavy atom. The minimum atomic E-state index is 0.0489. The zero-order valence-corrected chi connectivity index (χ0v) is 8.94. The topological polar surface area (TPSA) is 46.3 Å². The number of para-hydroxylation sites is 1. The Balaban J connectivity index is 2.66. The van der Waals surface area contributed by atoms with E-state index in [0.29, 0.717) is 18.7 Å². The monoisotopic (exact) mass is 204 g/mol. The Bertz CT molecular complexity index is 360. The van der Waals surface area contributed by atoms with Gasteiger partial charge < -0.3 is 10.6 Å². The van der Waals surface area contributed by atoms with E-state index < -0.39 is 0 Å². The first-order valence-corrected chi connectivity index (χ1v) is 4.83. The first-order valence-electron chi connectivity index (χ1n) is 4.83. The van der Waals surface area contributed by atoms with Crippen molar-refractivity contribution < 1.29 is 4.79 Å². The van der Waals surface area contributed by atoms with Crippen LogP contribution in [0.25, 0.3) is 0 Å². The fraction of sp³-hybridized carbons (Fsp3) is 0.250. The number of nitrogens with two attached hydrogens (primary N) is 1. The highest BCUT2D eigenvalue weighted by Crippen LogP contribution is 2.11. The van der Waals surface area contributed by atoms with Crippen LogP contribution in [-0.2, 0) is 11.2 Å². The Hall–Kier alpha value is -1.77. The second-order valence-electron chi connectivity index (χ2n) is 3.44. The lowest BCUT2D eigenvalue weighted by atomic mass is 10.1. The van der Waals surface area contributed by atoms with Crippen molar-refractivity contribution in [3.63, 3.8) is 0 Å². The summed E-state index contributed by atoms with van der Waals surface area (Å²) < 4.78 is 0. The summed E-state index contributed by atoms with van der Waals surface area (Å²) in [6, 6.07) is 7.41. The van der Waals surface area contributed by atoms with Crippen LogP contribution in [0.2, 0.25) is 0 Å². The van der Waals surface area contributed by atoms with E-state index >= 15 is 0 Å². The van der Waals surface area contributed by atoms with E-state index in [1.807, 2.05) is 18.2 Å². The Kier molecular flexibility index (Phi) is 3.92. The zero-order chi connectivity index (χ0) is 11.3. The van der Waals surface area contributed by atoms with Gasteiger partial charge in [0.05, 0.1) is 6.42 Å². The van der Waals surface area contributed by atoms with Crippen LogP contribution in [0, 0.1) is 0 Å². The van der Waals surface area contributed by atoms with Crippen LogP contribution in [0.1, 0.15) is 5.56 Å². The third-order valence-corrected chi connectivity index (χ3v) is 2.23. The number of hydrogen-bond acceptors (Lipinski definition) is 2. The largest absolute Gasteiger partial charge is 0.398 e. The molecular weight excluding hydrogens is 188 g/mol. The molecule has 0 saturated carbocycles. The number of hydrogen-bond donors (Lipinski definition) is 1. The lowest BCUT2D eigenvalue weighted by molar-refractivity contribution is -0.128. The molecule has 0 bridgehead atoms. The summed E-state index contributed by atoms with van der Waals surface area (Å²) in [6.45, 7) is 4.15. The molecule has 1 amide bonds. The van der Waals surface area contributed by atoms with Crippen LogP contribution in [0.5, 0.6) is 0 Å². The van der Waals surface area contributed by atoms with Crippen LogP contribution in [0.4, 0.5) is 5.69 Å². The lowest BCUT2D eigenvalue weighted by Gasteiger charge is -2.15. The molecule has 0 radical (unpaired) electrons. The van der Waals surface area contributed by atoms with Gasteiger partial charge >= 0.3 is 0 Å². The minimum Gasteiger partial charge on any atom is -0.398 e. The second-order valence-corrected chi connectivity index (χ2v) is 3.44. The molecule has 3 nitrogen and oxygen atoms in total. The molecule has 2 N–H and O–H groups in total. The number of amides is 1. The molecular formula is C12H16N2O. The molecule has 1 aromatic carbocycles. The number of carbonyl (C=O) groups is 1. The van der Waals surface area contributed by atoms with Gasteiger partial charge in [-0.1, -0.05) is 24.3 Å². The van der Waals surface area contributed by atoms with Crippen molar-refractivity contribution in [3.05, 3.63) is 42.5 Å². The first kappa shape index (κ1) is 11.3. The van der Waals surface area contributed by atoms with E-state index in [2.05, 4.69) is 6.58 Å². The number of anilines is 1. The summed E-state index contributed by atoms with van der Waals surface area (Å²) in [7, 11) is 1.75. The average Bonchev–Trinajstić information content (AvgIpc) is 2.21. The zero-order valence-electron chi connectivity index (χ0n) is 8.94. The molecule has 0 aliphatic carbocycles. The molecule has 0 atom stereocenters. The smallest absolute Gasteiger partial charge is 0.227 e. The number of nitrogen functional groups attached to an aromatic ring is 1. The van der Waals surface area contributed by atoms with Gasteiger partial charge in [0.2, 0.25) is 5.91 Å². The first-order chi connectivity index (χ1) is 7.15. The van der Waals surface area contributed by atoms with E-state index in [0.717, 1.165) is 5.56 Å². The van der Waals surface area contributed by atoms with E-state index in [1.165, 1.54) is 0 Å². The Morgan fingerprint density at radius 2 is 2.20 bits per heavy atom. The van der Waals surface area contributed by atoms with Crippen LogP contribution in [0.3, 0.4) is 0 Å². The van der Waals surface area contributed by atoms with Crippen LogP contribution in [-0.4, -0.2) is 24.4 Å². The highest BCUT2D eigenvalue weighted by Gasteiger charge is 2.09. The summed E-state index contributed by atoms with van der Waals surface area (Å²) in [4.78, 5) is 13.3. The van der Waals surface area contributed by atoms with Crippen LogP contribution in [0.15, 0.2) is 36.9 Å². The maximum Gasteiger partial charge on any atom is 0.227 e. The predicted octanol–water partition coefficient (Wildman–Crippen LogP) is 1.46. The van der Waals surface area contributed by atoms with Crippen molar-refractivity contribution in [1.82, 2.24) is 4.90 Å². The highest BCUT2D eigenvalue weighted by atomic mass is 16.2. The SMILES string of the molecule is C=CCN(C)C(=O)Cc1ccccc1N. The maximum atomic E-state index is 11.7. The Morgan fingerprint density at radius 3 is 2.80 bits per heavy atom. The standard InChI is InChI=1S/C12H16N2O/c1-3-8-14(2)12(15)9-10-6-4-5-7-11(10)13/h3-7H,1,8-9,13H2,2H3. The van der Waals surface area contributed by atoms with Crippen LogP contribution >= 0.6 is 0 Å². The summed E-state index contributed by atoms with van der Waals surface area (Å²) in [5.41, 5.74) is 7.29. The van der Waals surface area contributed by atoms with Gasteiger partial charge in [0.1, 0.15) is 0 Å². The molecule has 0 aliphatic rings. The minimum absolute atomic E-state index is 0.0489. The van der Waals surface area contributed by atoms with Gasteiger partial charge in [-0.15, -0.1) is 6.58 Å². The summed E-state index contributed by atoms with van der Waals surface area (Å²) in [5, 5.41) is 0. The van der Waals surface area contributed by atoms with Crippen molar-refractivity contribution in [3.8, 4) is 0 Å². The van der Waals surface area contributed by atoms with Crippen molar-refractivity contribution >= 4 is 11.6 Å². The number of rotatable bonds is 4. The maximum absolute atomic E-state index is 11.7. The van der Waals surface area contributed by atoms with Gasteiger partial charge in [-0.2, -0.15) is 0 Å². The molecule has 0 aromatic heterocycles. The van der Waals surface area contributed by atoms with Crippen molar-refractivity contribution in [2.45, 2.75) is 6.42 Å². The van der Waals surface area contributed by atoms with Gasteiger partial charge in [0.25, 0.3) is 0 Å². The van der Waals surface area contributed by atoms with E-state index in [1.54, 1.807) is 24.1 Å². The summed E-state index contributed by atoms with van der Waals surface area (Å²) in [5.74, 6) is 0.0489. The van der Waals surface area contributed by atoms with Crippen LogP contribution < -0.4 is 5.73 Å². The molecule has 1 rings (SSSR count).